The van der Waals surface area contributed by atoms with Crippen molar-refractivity contribution in [2.45, 2.75) is 39.0 Å². The number of nitrogens with zero attached hydrogens (tertiary/aromatic N) is 1. The van der Waals surface area contributed by atoms with Gasteiger partial charge in [0, 0.05) is 19.5 Å². The number of carbonyl (C=O) groups is 1. The number of amides is 1. The Labute approximate surface area is 132 Å². The molecule has 3 rings (SSSR count). The van der Waals surface area contributed by atoms with Gasteiger partial charge in [-0.3, -0.25) is 9.69 Å². The monoisotopic (exact) mass is 302 g/mol. The van der Waals surface area contributed by atoms with E-state index in [1.54, 1.807) is 6.26 Å². The topological polar surface area (TPSA) is 45.5 Å². The summed E-state index contributed by atoms with van der Waals surface area (Å²) < 4.78 is 5.37. The lowest BCUT2D eigenvalue weighted by Gasteiger charge is -2.41. The molecule has 0 aliphatic carbocycles. The number of likely N-dealkylation sites (tertiary alicyclic amines) is 1. The van der Waals surface area contributed by atoms with Crippen LogP contribution in [-0.2, 0) is 4.79 Å². The molecule has 1 amide bonds. The van der Waals surface area contributed by atoms with Crippen molar-refractivity contribution >= 4 is 12.0 Å². The molecule has 2 aliphatic rings. The fraction of sp³-hybridized carbons (Fsp3) is 0.611. The van der Waals surface area contributed by atoms with Crippen LogP contribution < -0.4 is 5.32 Å². The first-order valence-electron chi connectivity index (χ1n) is 8.35. The van der Waals surface area contributed by atoms with Gasteiger partial charge < -0.3 is 9.73 Å². The molecule has 2 fully saturated rings. The first-order valence-corrected chi connectivity index (χ1v) is 8.35. The van der Waals surface area contributed by atoms with E-state index in [1.165, 1.54) is 18.4 Å². The van der Waals surface area contributed by atoms with Crippen LogP contribution in [0.25, 0.3) is 6.08 Å². The molecule has 0 bridgehead atoms. The van der Waals surface area contributed by atoms with E-state index in [4.69, 9.17) is 4.42 Å². The van der Waals surface area contributed by atoms with E-state index in [2.05, 4.69) is 23.2 Å². The molecule has 0 saturated carbocycles. The number of nitrogens with one attached hydrogen (secondary N) is 1. The zero-order chi connectivity index (χ0) is 15.4. The number of carbonyl (C=O) groups excluding carboxylic acids is 1. The minimum Gasteiger partial charge on any atom is -0.465 e. The van der Waals surface area contributed by atoms with Crippen molar-refractivity contribution in [3.8, 4) is 0 Å². The highest BCUT2D eigenvalue weighted by Gasteiger charge is 2.35. The normalized spacial score (nSPS) is 23.3. The standard InChI is InChI=1S/C18H26N2O2/c1-15(13-16-3-2-12-22-16)14-20-10-7-18(8-11-20)5-4-17(21)19-9-6-18/h2-3,12-13H,4-11,14H2,1H3,(H,19,21)/b15-13+. The average molecular weight is 302 g/mol. The van der Waals surface area contributed by atoms with Crippen LogP contribution in [0.3, 0.4) is 0 Å². The predicted molar refractivity (Wildman–Crippen MR) is 87.3 cm³/mol. The van der Waals surface area contributed by atoms with E-state index in [0.717, 1.165) is 44.8 Å². The Balaban J connectivity index is 1.52. The Morgan fingerprint density at radius 2 is 2.18 bits per heavy atom. The second-order valence-corrected chi connectivity index (χ2v) is 6.88. The van der Waals surface area contributed by atoms with Crippen molar-refractivity contribution in [2.75, 3.05) is 26.2 Å². The maximum absolute atomic E-state index is 11.5. The van der Waals surface area contributed by atoms with Crippen molar-refractivity contribution < 1.29 is 9.21 Å². The van der Waals surface area contributed by atoms with Crippen LogP contribution in [0.4, 0.5) is 0 Å². The van der Waals surface area contributed by atoms with E-state index in [1.807, 2.05) is 12.1 Å². The van der Waals surface area contributed by atoms with E-state index in [9.17, 15) is 4.79 Å². The van der Waals surface area contributed by atoms with Gasteiger partial charge in [-0.05, 0) is 69.3 Å². The molecular weight excluding hydrogens is 276 g/mol. The van der Waals surface area contributed by atoms with Crippen LogP contribution in [0.2, 0.25) is 0 Å². The molecule has 120 valence electrons. The molecule has 0 radical (unpaired) electrons. The average Bonchev–Trinajstić information content (AvgIpc) is 2.93. The lowest BCUT2D eigenvalue weighted by Crippen LogP contribution is -2.41. The quantitative estimate of drug-likeness (QED) is 0.933. The number of piperidine rings is 1. The third kappa shape index (κ3) is 3.80. The van der Waals surface area contributed by atoms with Crippen LogP contribution in [0.1, 0.15) is 44.8 Å². The van der Waals surface area contributed by atoms with Crippen LogP contribution in [0.5, 0.6) is 0 Å². The van der Waals surface area contributed by atoms with Crippen LogP contribution >= 0.6 is 0 Å². The molecule has 0 aromatic carbocycles. The molecule has 22 heavy (non-hydrogen) atoms. The van der Waals surface area contributed by atoms with Gasteiger partial charge in [-0.15, -0.1) is 0 Å². The maximum Gasteiger partial charge on any atom is 0.220 e. The molecular formula is C18H26N2O2. The summed E-state index contributed by atoms with van der Waals surface area (Å²) in [7, 11) is 0. The van der Waals surface area contributed by atoms with Crippen LogP contribution in [0, 0.1) is 5.41 Å². The number of hydrogen-bond acceptors (Lipinski definition) is 3. The number of rotatable bonds is 3. The second kappa shape index (κ2) is 6.69. The molecule has 2 saturated heterocycles. The van der Waals surface area contributed by atoms with Gasteiger partial charge in [-0.2, -0.15) is 0 Å². The summed E-state index contributed by atoms with van der Waals surface area (Å²) in [5, 5.41) is 3.01. The van der Waals surface area contributed by atoms with Crippen LogP contribution in [0.15, 0.2) is 28.4 Å². The Hall–Kier alpha value is -1.55. The van der Waals surface area contributed by atoms with E-state index < -0.39 is 0 Å². The molecule has 0 unspecified atom stereocenters. The fourth-order valence-electron chi connectivity index (χ4n) is 3.76. The van der Waals surface area contributed by atoms with Crippen molar-refractivity contribution in [1.82, 2.24) is 10.2 Å². The lowest BCUT2D eigenvalue weighted by molar-refractivity contribution is -0.121. The van der Waals surface area contributed by atoms with Gasteiger partial charge in [-0.25, -0.2) is 0 Å². The van der Waals surface area contributed by atoms with Gasteiger partial charge in [0.1, 0.15) is 5.76 Å². The number of furan rings is 1. The minimum atomic E-state index is 0.233. The maximum atomic E-state index is 11.5. The zero-order valence-electron chi connectivity index (χ0n) is 13.4. The van der Waals surface area contributed by atoms with Gasteiger partial charge in [-0.1, -0.05) is 5.57 Å². The lowest BCUT2D eigenvalue weighted by atomic mass is 9.73. The third-order valence-electron chi connectivity index (χ3n) is 5.18. The summed E-state index contributed by atoms with van der Waals surface area (Å²) in [5.41, 5.74) is 1.73. The summed E-state index contributed by atoms with van der Waals surface area (Å²) in [6, 6.07) is 3.91. The molecule has 3 heterocycles. The van der Waals surface area contributed by atoms with Gasteiger partial charge in [0.2, 0.25) is 5.91 Å². The molecule has 4 heteroatoms. The summed E-state index contributed by atoms with van der Waals surface area (Å²) in [5.74, 6) is 1.16. The largest absolute Gasteiger partial charge is 0.465 e. The summed E-state index contributed by atoms with van der Waals surface area (Å²) in [6.07, 6.45) is 9.19. The van der Waals surface area contributed by atoms with Crippen LogP contribution in [-0.4, -0.2) is 37.0 Å². The highest BCUT2D eigenvalue weighted by molar-refractivity contribution is 5.76. The molecule has 0 atom stereocenters. The first-order chi connectivity index (χ1) is 10.7. The van der Waals surface area contributed by atoms with Crippen molar-refractivity contribution in [3.05, 3.63) is 29.7 Å². The van der Waals surface area contributed by atoms with Crippen molar-refractivity contribution in [3.63, 3.8) is 0 Å². The predicted octanol–water partition coefficient (Wildman–Crippen LogP) is 3.07. The van der Waals surface area contributed by atoms with Crippen molar-refractivity contribution in [2.24, 2.45) is 5.41 Å². The highest BCUT2D eigenvalue weighted by atomic mass is 16.3. The van der Waals surface area contributed by atoms with E-state index in [-0.39, 0.29) is 5.91 Å². The molecule has 1 aromatic heterocycles. The van der Waals surface area contributed by atoms with Crippen molar-refractivity contribution in [1.29, 1.82) is 0 Å². The van der Waals surface area contributed by atoms with Gasteiger partial charge in [0.05, 0.1) is 6.26 Å². The third-order valence-corrected chi connectivity index (χ3v) is 5.18. The smallest absolute Gasteiger partial charge is 0.220 e. The SMILES string of the molecule is C/C(=C\c1ccco1)CN1CCC2(CCNC(=O)CC2)CC1. The summed E-state index contributed by atoms with van der Waals surface area (Å²) in [6.45, 7) is 6.31. The second-order valence-electron chi connectivity index (χ2n) is 6.88. The van der Waals surface area contributed by atoms with E-state index >= 15 is 0 Å². The highest BCUT2D eigenvalue weighted by Crippen LogP contribution is 2.40. The van der Waals surface area contributed by atoms with E-state index in [0.29, 0.717) is 11.8 Å². The molecule has 2 aliphatic heterocycles. The molecule has 4 nitrogen and oxygen atoms in total. The Morgan fingerprint density at radius 1 is 1.36 bits per heavy atom. The molecule has 1 aromatic rings. The fourth-order valence-corrected chi connectivity index (χ4v) is 3.76. The van der Waals surface area contributed by atoms with Gasteiger partial charge in [0.15, 0.2) is 0 Å². The van der Waals surface area contributed by atoms with Gasteiger partial charge in [0.25, 0.3) is 0 Å². The summed E-state index contributed by atoms with van der Waals surface area (Å²) >= 11 is 0. The summed E-state index contributed by atoms with van der Waals surface area (Å²) in [4.78, 5) is 14.1. The zero-order valence-corrected chi connectivity index (χ0v) is 13.4. The first kappa shape index (κ1) is 15.3. The minimum absolute atomic E-state index is 0.233. The Morgan fingerprint density at radius 3 is 2.91 bits per heavy atom. The number of hydrogen-bond donors (Lipinski definition) is 1. The van der Waals surface area contributed by atoms with Gasteiger partial charge >= 0.3 is 0 Å². The Bertz CT molecular complexity index is 525. The molecule has 1 spiro atoms. The Kier molecular flexibility index (Phi) is 4.67. The molecule has 1 N–H and O–H groups in total.